The zero-order valence-electron chi connectivity index (χ0n) is 15.2. The van der Waals surface area contributed by atoms with Gasteiger partial charge in [-0.3, -0.25) is 18.8 Å². The number of benzene rings is 1. The van der Waals surface area contributed by atoms with Crippen LogP contribution in [0.3, 0.4) is 0 Å². The van der Waals surface area contributed by atoms with Gasteiger partial charge in [0.2, 0.25) is 0 Å². The molecule has 0 bridgehead atoms. The summed E-state index contributed by atoms with van der Waals surface area (Å²) in [6, 6.07) is 11.7. The Kier molecular flexibility index (Phi) is 5.18. The fourth-order valence-electron chi connectivity index (χ4n) is 3.03. The van der Waals surface area contributed by atoms with E-state index in [0.717, 1.165) is 0 Å². The van der Waals surface area contributed by atoms with E-state index in [1.54, 1.807) is 30.3 Å². The first-order valence-electron chi connectivity index (χ1n) is 8.87. The molecule has 0 radical (unpaired) electrons. The lowest BCUT2D eigenvalue weighted by molar-refractivity contribution is -0.144. The number of fused-ring (bicyclic) bond motifs is 2. The Morgan fingerprint density at radius 1 is 1.21 bits per heavy atom. The number of halogens is 1. The number of hydrogen-bond acceptors (Lipinski definition) is 6. The van der Waals surface area contributed by atoms with Gasteiger partial charge in [0.1, 0.15) is 18.0 Å². The summed E-state index contributed by atoms with van der Waals surface area (Å²) in [5.41, 5.74) is 1.04. The van der Waals surface area contributed by atoms with Crippen LogP contribution in [0.2, 0.25) is 5.02 Å². The van der Waals surface area contributed by atoms with Gasteiger partial charge in [-0.15, -0.1) is 0 Å². The molecule has 8 nitrogen and oxygen atoms in total. The molecule has 0 saturated heterocycles. The van der Waals surface area contributed by atoms with E-state index in [1.165, 1.54) is 21.6 Å². The number of pyridine rings is 1. The number of nitrogens with zero attached hydrogens (tertiary/aromatic N) is 3. The summed E-state index contributed by atoms with van der Waals surface area (Å²) < 4.78 is 11.9. The molecule has 29 heavy (non-hydrogen) atoms. The molecule has 0 fully saturated rings. The van der Waals surface area contributed by atoms with Crippen LogP contribution in [0.1, 0.15) is 12.1 Å². The van der Waals surface area contributed by atoms with Crippen LogP contribution >= 0.6 is 11.6 Å². The summed E-state index contributed by atoms with van der Waals surface area (Å²) >= 11 is 5.88. The monoisotopic (exact) mass is 413 g/mol. The molecule has 0 saturated carbocycles. The molecule has 4 rings (SSSR count). The lowest BCUT2D eigenvalue weighted by atomic mass is 10.2. The van der Waals surface area contributed by atoms with Crippen LogP contribution in [0.15, 0.2) is 53.5 Å². The number of anilines is 1. The third-order valence-electron chi connectivity index (χ3n) is 4.41. The number of esters is 1. The fraction of sp³-hybridized carbons (Fsp3) is 0.200. The van der Waals surface area contributed by atoms with Crippen molar-refractivity contribution < 1.29 is 19.1 Å². The number of rotatable bonds is 5. The van der Waals surface area contributed by atoms with Crippen LogP contribution in [0.25, 0.3) is 5.65 Å². The molecule has 2 aromatic heterocycles. The summed E-state index contributed by atoms with van der Waals surface area (Å²) in [4.78, 5) is 42.2. The molecule has 9 heteroatoms. The van der Waals surface area contributed by atoms with Crippen LogP contribution < -0.4 is 15.2 Å². The molecule has 0 unspecified atom stereocenters. The minimum atomic E-state index is -0.500. The van der Waals surface area contributed by atoms with Gasteiger partial charge in [-0.1, -0.05) is 23.7 Å². The van der Waals surface area contributed by atoms with Gasteiger partial charge in [0.05, 0.1) is 22.8 Å². The topological polar surface area (TPSA) is 90.2 Å². The second-order valence-corrected chi connectivity index (χ2v) is 6.81. The number of ether oxygens (including phenoxy) is 2. The molecule has 1 amide bonds. The van der Waals surface area contributed by atoms with Gasteiger partial charge in [-0.25, -0.2) is 4.98 Å². The average Bonchev–Trinajstić information content (AvgIpc) is 2.72. The Morgan fingerprint density at radius 2 is 2.03 bits per heavy atom. The average molecular weight is 414 g/mol. The highest BCUT2D eigenvalue weighted by Crippen LogP contribution is 2.31. The number of para-hydroxylation sites is 2. The maximum absolute atomic E-state index is 12.2. The zero-order chi connectivity index (χ0) is 20.4. The summed E-state index contributed by atoms with van der Waals surface area (Å²) in [6.45, 7) is -0.0355. The van der Waals surface area contributed by atoms with Crippen LogP contribution in [0.4, 0.5) is 5.69 Å². The first kappa shape index (κ1) is 18.9. The molecule has 1 aliphatic heterocycles. The Labute approximate surface area is 170 Å². The Morgan fingerprint density at radius 3 is 2.90 bits per heavy atom. The Hall–Kier alpha value is -3.39. The molecule has 0 atom stereocenters. The van der Waals surface area contributed by atoms with Gasteiger partial charge in [-0.2, -0.15) is 0 Å². The van der Waals surface area contributed by atoms with E-state index in [4.69, 9.17) is 21.1 Å². The van der Waals surface area contributed by atoms with E-state index in [2.05, 4.69) is 4.98 Å². The summed E-state index contributed by atoms with van der Waals surface area (Å²) in [7, 11) is 0. The van der Waals surface area contributed by atoms with Crippen molar-refractivity contribution in [2.75, 3.05) is 18.1 Å². The number of hydrogen-bond donors (Lipinski definition) is 0. The van der Waals surface area contributed by atoms with Crippen molar-refractivity contribution in [2.24, 2.45) is 0 Å². The van der Waals surface area contributed by atoms with Crippen molar-refractivity contribution in [2.45, 2.75) is 13.0 Å². The van der Waals surface area contributed by atoms with E-state index >= 15 is 0 Å². The molecular weight excluding hydrogens is 398 g/mol. The van der Waals surface area contributed by atoms with Crippen LogP contribution in [0, 0.1) is 0 Å². The van der Waals surface area contributed by atoms with Crippen molar-refractivity contribution in [3.63, 3.8) is 0 Å². The van der Waals surface area contributed by atoms with Crippen molar-refractivity contribution in [1.29, 1.82) is 0 Å². The van der Waals surface area contributed by atoms with E-state index in [1.807, 2.05) is 6.07 Å². The summed E-state index contributed by atoms with van der Waals surface area (Å²) in [6.07, 6.45) is 1.47. The van der Waals surface area contributed by atoms with E-state index in [0.29, 0.717) is 27.8 Å². The first-order valence-corrected chi connectivity index (χ1v) is 9.25. The maximum Gasteiger partial charge on any atom is 0.307 e. The minimum absolute atomic E-state index is 0.00223. The quantitative estimate of drug-likeness (QED) is 0.596. The van der Waals surface area contributed by atoms with Crippen LogP contribution in [-0.4, -0.2) is 34.4 Å². The lowest BCUT2D eigenvalue weighted by Gasteiger charge is -2.28. The molecule has 3 aromatic rings. The largest absolute Gasteiger partial charge is 0.482 e. The van der Waals surface area contributed by atoms with Gasteiger partial charge < -0.3 is 14.4 Å². The van der Waals surface area contributed by atoms with Crippen molar-refractivity contribution in [1.82, 2.24) is 9.38 Å². The highest BCUT2D eigenvalue weighted by molar-refractivity contribution is 6.30. The van der Waals surface area contributed by atoms with E-state index < -0.39 is 5.97 Å². The van der Waals surface area contributed by atoms with Gasteiger partial charge in [-0.05, 0) is 24.3 Å². The van der Waals surface area contributed by atoms with Gasteiger partial charge in [0.25, 0.3) is 11.5 Å². The fourth-order valence-corrected chi connectivity index (χ4v) is 3.19. The van der Waals surface area contributed by atoms with Crippen molar-refractivity contribution in [3.8, 4) is 5.75 Å². The smallest absolute Gasteiger partial charge is 0.307 e. The van der Waals surface area contributed by atoms with Gasteiger partial charge in [0, 0.05) is 18.8 Å². The molecular formula is C20H16ClN3O5. The SMILES string of the molecule is O=C(CCN1C(=O)COc2ccccc21)OCc1cc(=O)n2cc(Cl)ccc2n1. The predicted octanol–water partition coefficient (Wildman–Crippen LogP) is 2.21. The molecule has 1 aliphatic rings. The number of carbonyl (C=O) groups is 2. The molecule has 0 aliphatic carbocycles. The molecule has 0 N–H and O–H groups in total. The second-order valence-electron chi connectivity index (χ2n) is 6.37. The van der Waals surface area contributed by atoms with E-state index in [9.17, 15) is 14.4 Å². The normalized spacial score (nSPS) is 13.1. The highest BCUT2D eigenvalue weighted by Gasteiger charge is 2.25. The molecule has 1 aromatic carbocycles. The molecule has 3 heterocycles. The number of carbonyl (C=O) groups excluding carboxylic acids is 2. The third kappa shape index (κ3) is 4.07. The van der Waals surface area contributed by atoms with Crippen LogP contribution in [-0.2, 0) is 20.9 Å². The second kappa shape index (κ2) is 7.92. The molecule has 148 valence electrons. The first-order chi connectivity index (χ1) is 14.0. The number of aromatic nitrogens is 2. The highest BCUT2D eigenvalue weighted by atomic mass is 35.5. The maximum atomic E-state index is 12.2. The van der Waals surface area contributed by atoms with E-state index in [-0.39, 0.29) is 37.6 Å². The Balaban J connectivity index is 1.39. The Bertz CT molecular complexity index is 1160. The molecule has 0 spiro atoms. The van der Waals surface area contributed by atoms with Crippen LogP contribution in [0.5, 0.6) is 5.75 Å². The third-order valence-corrected chi connectivity index (χ3v) is 4.63. The van der Waals surface area contributed by atoms with Crippen molar-refractivity contribution in [3.05, 3.63) is 69.7 Å². The minimum Gasteiger partial charge on any atom is -0.482 e. The summed E-state index contributed by atoms with van der Waals surface area (Å²) in [5.74, 6) is -0.124. The predicted molar refractivity (Wildman–Crippen MR) is 105 cm³/mol. The standard InChI is InChI=1S/C20H16ClN3O5/c21-13-5-6-17-22-14(9-18(25)24(17)10-13)11-29-20(27)7-8-23-15-3-1-2-4-16(15)28-12-19(23)26/h1-6,9-10H,7-8,11-12H2. The zero-order valence-corrected chi connectivity index (χ0v) is 16.0. The summed E-state index contributed by atoms with van der Waals surface area (Å²) in [5, 5.41) is 0.416. The van der Waals surface area contributed by atoms with Crippen molar-refractivity contribution >= 4 is 34.8 Å². The van der Waals surface area contributed by atoms with Gasteiger partial charge in [0.15, 0.2) is 6.61 Å². The lowest BCUT2D eigenvalue weighted by Crippen LogP contribution is -2.40. The van der Waals surface area contributed by atoms with Gasteiger partial charge >= 0.3 is 5.97 Å². The number of amides is 1.